The van der Waals surface area contributed by atoms with Gasteiger partial charge in [-0.25, -0.2) is 4.79 Å². The molecule has 0 aromatic heterocycles. The van der Waals surface area contributed by atoms with E-state index in [1.165, 1.54) is 12.8 Å². The molecule has 4 heteroatoms. The molecule has 16 heavy (non-hydrogen) atoms. The molecule has 1 atom stereocenters. The Labute approximate surface area is 98.0 Å². The van der Waals surface area contributed by atoms with E-state index in [0.717, 1.165) is 19.5 Å². The highest BCUT2D eigenvalue weighted by molar-refractivity contribution is 5.65. The number of amides is 1. The molecule has 2 N–H and O–H groups in total. The number of nitrogens with zero attached hydrogens (tertiary/aromatic N) is 1. The molecule has 1 rings (SSSR count). The van der Waals surface area contributed by atoms with Crippen LogP contribution in [0.15, 0.2) is 0 Å². The molecule has 0 bridgehead atoms. The summed E-state index contributed by atoms with van der Waals surface area (Å²) in [5.74, 6) is 0.637. The molecule has 0 aromatic rings. The Bertz CT molecular complexity index is 230. The molecule has 0 spiro atoms. The summed E-state index contributed by atoms with van der Waals surface area (Å²) in [5, 5.41) is 12.5. The number of carbonyl (C=O) groups is 1. The monoisotopic (exact) mass is 228 g/mol. The van der Waals surface area contributed by atoms with Gasteiger partial charge < -0.3 is 15.3 Å². The first-order valence-corrected chi connectivity index (χ1v) is 6.12. The molecule has 0 aliphatic carbocycles. The SMILES string of the molecule is CC(C)(C)N(CCC1CCCNC1)C(=O)O. The summed E-state index contributed by atoms with van der Waals surface area (Å²) in [6.07, 6.45) is 2.60. The van der Waals surface area contributed by atoms with Crippen molar-refractivity contribution in [2.24, 2.45) is 5.92 Å². The van der Waals surface area contributed by atoms with Crippen molar-refractivity contribution in [3.63, 3.8) is 0 Å². The van der Waals surface area contributed by atoms with E-state index >= 15 is 0 Å². The Morgan fingerprint density at radius 2 is 2.19 bits per heavy atom. The first kappa shape index (κ1) is 13.3. The maximum atomic E-state index is 11.1. The summed E-state index contributed by atoms with van der Waals surface area (Å²) in [4.78, 5) is 12.7. The van der Waals surface area contributed by atoms with E-state index in [2.05, 4.69) is 5.32 Å². The van der Waals surface area contributed by atoms with Crippen LogP contribution >= 0.6 is 0 Å². The van der Waals surface area contributed by atoms with Crippen molar-refractivity contribution in [2.75, 3.05) is 19.6 Å². The Morgan fingerprint density at radius 1 is 1.50 bits per heavy atom. The van der Waals surface area contributed by atoms with Gasteiger partial charge in [0.1, 0.15) is 0 Å². The number of hydrogen-bond acceptors (Lipinski definition) is 2. The fourth-order valence-electron chi connectivity index (χ4n) is 2.20. The van der Waals surface area contributed by atoms with Crippen LogP contribution in [0, 0.1) is 5.92 Å². The van der Waals surface area contributed by atoms with E-state index in [9.17, 15) is 4.79 Å². The van der Waals surface area contributed by atoms with Crippen molar-refractivity contribution in [1.82, 2.24) is 10.2 Å². The zero-order valence-electron chi connectivity index (χ0n) is 10.6. The Hall–Kier alpha value is -0.770. The molecule has 1 fully saturated rings. The van der Waals surface area contributed by atoms with Gasteiger partial charge in [-0.3, -0.25) is 0 Å². The minimum atomic E-state index is -0.809. The van der Waals surface area contributed by atoms with Gasteiger partial charge in [0.05, 0.1) is 0 Å². The molecule has 1 saturated heterocycles. The molecule has 4 nitrogen and oxygen atoms in total. The zero-order valence-corrected chi connectivity index (χ0v) is 10.6. The smallest absolute Gasteiger partial charge is 0.407 e. The average molecular weight is 228 g/mol. The van der Waals surface area contributed by atoms with Crippen LogP contribution in [0.3, 0.4) is 0 Å². The molecule has 1 heterocycles. The molecule has 1 unspecified atom stereocenters. The number of carboxylic acid groups (broad SMARTS) is 1. The lowest BCUT2D eigenvalue weighted by molar-refractivity contribution is 0.0948. The molecule has 1 amide bonds. The van der Waals surface area contributed by atoms with Crippen LogP contribution < -0.4 is 5.32 Å². The number of hydrogen-bond donors (Lipinski definition) is 2. The molecular weight excluding hydrogens is 204 g/mol. The zero-order chi connectivity index (χ0) is 12.2. The first-order valence-electron chi connectivity index (χ1n) is 6.12. The van der Waals surface area contributed by atoms with Crippen molar-refractivity contribution in [2.45, 2.75) is 45.6 Å². The fourth-order valence-corrected chi connectivity index (χ4v) is 2.20. The summed E-state index contributed by atoms with van der Waals surface area (Å²) in [6, 6.07) is 0. The largest absolute Gasteiger partial charge is 0.465 e. The Kier molecular flexibility index (Phi) is 4.59. The summed E-state index contributed by atoms with van der Waals surface area (Å²) >= 11 is 0. The third-order valence-electron chi connectivity index (χ3n) is 3.20. The van der Waals surface area contributed by atoms with Gasteiger partial charge in [-0.2, -0.15) is 0 Å². The molecular formula is C12H24N2O2. The third kappa shape index (κ3) is 4.00. The van der Waals surface area contributed by atoms with E-state index in [4.69, 9.17) is 5.11 Å². The Balaban J connectivity index is 2.40. The number of piperidine rings is 1. The lowest BCUT2D eigenvalue weighted by Crippen LogP contribution is -2.46. The van der Waals surface area contributed by atoms with Crippen LogP contribution in [0.4, 0.5) is 4.79 Å². The predicted octanol–water partition coefficient (Wildman–Crippen LogP) is 2.15. The third-order valence-corrected chi connectivity index (χ3v) is 3.20. The van der Waals surface area contributed by atoms with Crippen LogP contribution in [0.25, 0.3) is 0 Å². The van der Waals surface area contributed by atoms with Crippen LogP contribution in [0.5, 0.6) is 0 Å². The van der Waals surface area contributed by atoms with Crippen molar-refractivity contribution in [3.8, 4) is 0 Å². The van der Waals surface area contributed by atoms with Gasteiger partial charge in [-0.15, -0.1) is 0 Å². The average Bonchev–Trinajstić information content (AvgIpc) is 2.17. The maximum absolute atomic E-state index is 11.1. The normalized spacial score (nSPS) is 21.8. The van der Waals surface area contributed by atoms with Crippen LogP contribution in [-0.4, -0.2) is 41.3 Å². The highest BCUT2D eigenvalue weighted by Gasteiger charge is 2.26. The van der Waals surface area contributed by atoms with Crippen molar-refractivity contribution < 1.29 is 9.90 Å². The standard InChI is InChI=1S/C12H24N2O2/c1-12(2,3)14(11(15)16)8-6-10-5-4-7-13-9-10/h10,13H,4-9H2,1-3H3,(H,15,16). The summed E-state index contributed by atoms with van der Waals surface area (Å²) < 4.78 is 0. The summed E-state index contributed by atoms with van der Waals surface area (Å²) in [5.41, 5.74) is -0.298. The van der Waals surface area contributed by atoms with E-state index in [0.29, 0.717) is 12.5 Å². The molecule has 1 aliphatic rings. The van der Waals surface area contributed by atoms with Gasteiger partial charge in [0.2, 0.25) is 0 Å². The Morgan fingerprint density at radius 3 is 2.62 bits per heavy atom. The minimum Gasteiger partial charge on any atom is -0.465 e. The first-order chi connectivity index (χ1) is 7.41. The molecule has 94 valence electrons. The fraction of sp³-hybridized carbons (Fsp3) is 0.917. The second kappa shape index (κ2) is 5.53. The summed E-state index contributed by atoms with van der Waals surface area (Å²) in [6.45, 7) is 8.63. The van der Waals surface area contributed by atoms with Gasteiger partial charge in [-0.1, -0.05) is 0 Å². The molecule has 0 saturated carbocycles. The lowest BCUT2D eigenvalue weighted by Gasteiger charge is -2.34. The van der Waals surface area contributed by atoms with Crippen LogP contribution in [-0.2, 0) is 0 Å². The summed E-state index contributed by atoms with van der Waals surface area (Å²) in [7, 11) is 0. The van der Waals surface area contributed by atoms with Gasteiger partial charge in [0, 0.05) is 12.1 Å². The van der Waals surface area contributed by atoms with Crippen molar-refractivity contribution in [3.05, 3.63) is 0 Å². The minimum absolute atomic E-state index is 0.298. The molecule has 0 aromatic carbocycles. The second-order valence-corrected chi connectivity index (χ2v) is 5.61. The molecule has 1 aliphatic heterocycles. The molecule has 0 radical (unpaired) electrons. The quantitative estimate of drug-likeness (QED) is 0.778. The van der Waals surface area contributed by atoms with E-state index in [1.54, 1.807) is 4.90 Å². The van der Waals surface area contributed by atoms with Gasteiger partial charge in [0.15, 0.2) is 0 Å². The second-order valence-electron chi connectivity index (χ2n) is 5.61. The van der Waals surface area contributed by atoms with Crippen LogP contribution in [0.2, 0.25) is 0 Å². The van der Waals surface area contributed by atoms with Gasteiger partial charge >= 0.3 is 6.09 Å². The lowest BCUT2D eigenvalue weighted by atomic mass is 9.95. The predicted molar refractivity (Wildman–Crippen MR) is 64.7 cm³/mol. The van der Waals surface area contributed by atoms with E-state index in [-0.39, 0.29) is 5.54 Å². The van der Waals surface area contributed by atoms with Crippen molar-refractivity contribution in [1.29, 1.82) is 0 Å². The topological polar surface area (TPSA) is 52.6 Å². The van der Waals surface area contributed by atoms with Crippen molar-refractivity contribution >= 4 is 6.09 Å². The van der Waals surface area contributed by atoms with Gasteiger partial charge in [-0.05, 0) is 59.0 Å². The number of rotatable bonds is 3. The highest BCUT2D eigenvalue weighted by Crippen LogP contribution is 2.19. The van der Waals surface area contributed by atoms with E-state index in [1.807, 2.05) is 20.8 Å². The highest BCUT2D eigenvalue weighted by atomic mass is 16.4. The van der Waals surface area contributed by atoms with Crippen LogP contribution in [0.1, 0.15) is 40.0 Å². The van der Waals surface area contributed by atoms with Gasteiger partial charge in [0.25, 0.3) is 0 Å². The van der Waals surface area contributed by atoms with E-state index < -0.39 is 6.09 Å². The number of nitrogens with one attached hydrogen (secondary N) is 1. The maximum Gasteiger partial charge on any atom is 0.407 e.